The zero-order valence-electron chi connectivity index (χ0n) is 18.5. The van der Waals surface area contributed by atoms with Gasteiger partial charge in [-0.15, -0.1) is 0 Å². The molecule has 188 valence electrons. The maximum absolute atomic E-state index is 13.4. The van der Waals surface area contributed by atoms with Crippen molar-refractivity contribution in [3.63, 3.8) is 0 Å². The van der Waals surface area contributed by atoms with Crippen molar-refractivity contribution in [3.8, 4) is 11.5 Å². The summed E-state index contributed by atoms with van der Waals surface area (Å²) in [5, 5.41) is 0. The fourth-order valence-electron chi connectivity index (χ4n) is 3.71. The van der Waals surface area contributed by atoms with Gasteiger partial charge in [-0.25, -0.2) is 0 Å². The number of hydrogen-bond acceptors (Lipinski definition) is 4. The SMILES string of the molecule is Nc1ccc(OC2(Oc3ccc(N)c(C(F)(F)F)c3)C=CC(c3ccccc3)=CC2)cc1C(F)(F)F. The molecule has 0 aliphatic heterocycles. The number of alkyl halides is 6. The average molecular weight is 506 g/mol. The number of anilines is 2. The van der Waals surface area contributed by atoms with E-state index in [1.165, 1.54) is 18.2 Å². The van der Waals surface area contributed by atoms with E-state index >= 15 is 0 Å². The van der Waals surface area contributed by atoms with Crippen molar-refractivity contribution in [2.75, 3.05) is 11.5 Å². The number of halogens is 6. The first-order chi connectivity index (χ1) is 16.9. The van der Waals surface area contributed by atoms with Crippen molar-refractivity contribution in [2.24, 2.45) is 0 Å². The number of benzene rings is 3. The van der Waals surface area contributed by atoms with Crippen LogP contribution in [0.1, 0.15) is 23.1 Å². The van der Waals surface area contributed by atoms with Crippen LogP contribution in [0.4, 0.5) is 37.7 Å². The molecule has 3 aromatic rings. The molecular weight excluding hydrogens is 486 g/mol. The molecule has 0 radical (unpaired) electrons. The van der Waals surface area contributed by atoms with Crippen LogP contribution in [0, 0.1) is 0 Å². The molecule has 0 heterocycles. The van der Waals surface area contributed by atoms with Gasteiger partial charge in [0.25, 0.3) is 5.79 Å². The molecule has 0 unspecified atom stereocenters. The lowest BCUT2D eigenvalue weighted by atomic mass is 9.96. The van der Waals surface area contributed by atoms with E-state index in [2.05, 4.69) is 0 Å². The molecule has 0 spiro atoms. The Hall–Kier alpha value is -4.08. The van der Waals surface area contributed by atoms with Crippen LogP contribution in [0.25, 0.3) is 5.57 Å². The van der Waals surface area contributed by atoms with Gasteiger partial charge in [-0.2, -0.15) is 26.3 Å². The van der Waals surface area contributed by atoms with Gasteiger partial charge in [0.05, 0.1) is 11.1 Å². The van der Waals surface area contributed by atoms with Gasteiger partial charge >= 0.3 is 12.4 Å². The van der Waals surface area contributed by atoms with Crippen molar-refractivity contribution >= 4 is 16.9 Å². The molecule has 0 bridgehead atoms. The van der Waals surface area contributed by atoms with Gasteiger partial charge in [0.15, 0.2) is 0 Å². The molecule has 0 saturated carbocycles. The normalized spacial score (nSPS) is 15.3. The average Bonchev–Trinajstić information content (AvgIpc) is 2.81. The Morgan fingerprint density at radius 2 is 1.19 bits per heavy atom. The van der Waals surface area contributed by atoms with Crippen molar-refractivity contribution < 1.29 is 35.8 Å². The highest BCUT2D eigenvalue weighted by Gasteiger charge is 2.38. The molecule has 0 amide bonds. The van der Waals surface area contributed by atoms with Gasteiger partial charge in [0, 0.05) is 23.9 Å². The summed E-state index contributed by atoms with van der Waals surface area (Å²) >= 11 is 0. The molecule has 4 N–H and O–H groups in total. The molecule has 3 aromatic carbocycles. The maximum atomic E-state index is 13.4. The van der Waals surface area contributed by atoms with E-state index in [-0.39, 0.29) is 17.9 Å². The Kier molecular flexibility index (Phi) is 6.38. The van der Waals surface area contributed by atoms with E-state index in [0.29, 0.717) is 0 Å². The van der Waals surface area contributed by atoms with Crippen LogP contribution >= 0.6 is 0 Å². The summed E-state index contributed by atoms with van der Waals surface area (Å²) in [4.78, 5) is 0. The Balaban J connectivity index is 1.72. The second kappa shape index (κ2) is 9.18. The van der Waals surface area contributed by atoms with Crippen LogP contribution in [0.15, 0.2) is 85.0 Å². The quantitative estimate of drug-likeness (QED) is 0.220. The van der Waals surface area contributed by atoms with Crippen LogP contribution in [0.5, 0.6) is 11.5 Å². The van der Waals surface area contributed by atoms with E-state index in [4.69, 9.17) is 20.9 Å². The standard InChI is InChI=1S/C26H20F6N2O2/c27-25(28,29)20-14-18(6-8-22(20)33)35-24(12-10-17(11-13-24)16-4-2-1-3-5-16)36-19-7-9-23(34)21(15-19)26(30,31)32/h1-12,14-15H,13,33-34H2. The monoisotopic (exact) mass is 506 g/mol. The Morgan fingerprint density at radius 1 is 0.694 bits per heavy atom. The second-order valence-electron chi connectivity index (χ2n) is 8.07. The van der Waals surface area contributed by atoms with Crippen LogP contribution in [0.2, 0.25) is 0 Å². The molecular formula is C26H20F6N2O2. The first-order valence-corrected chi connectivity index (χ1v) is 10.6. The minimum atomic E-state index is -4.74. The minimum Gasteiger partial charge on any atom is -0.448 e. The van der Waals surface area contributed by atoms with Crippen molar-refractivity contribution in [1.82, 2.24) is 0 Å². The van der Waals surface area contributed by atoms with Crippen molar-refractivity contribution in [3.05, 3.63) is 102 Å². The molecule has 1 aliphatic rings. The number of hydrogen-bond donors (Lipinski definition) is 2. The van der Waals surface area contributed by atoms with Crippen LogP contribution in [-0.2, 0) is 12.4 Å². The molecule has 0 atom stereocenters. The molecule has 0 saturated heterocycles. The fraction of sp³-hybridized carbons (Fsp3) is 0.154. The largest absolute Gasteiger partial charge is 0.448 e. The predicted molar refractivity (Wildman–Crippen MR) is 124 cm³/mol. The van der Waals surface area contributed by atoms with E-state index in [9.17, 15) is 26.3 Å². The molecule has 36 heavy (non-hydrogen) atoms. The molecule has 0 fully saturated rings. The van der Waals surface area contributed by atoms with E-state index in [0.717, 1.165) is 35.4 Å². The van der Waals surface area contributed by atoms with Gasteiger partial charge in [-0.3, -0.25) is 0 Å². The highest BCUT2D eigenvalue weighted by Crippen LogP contribution is 2.40. The lowest BCUT2D eigenvalue weighted by Crippen LogP contribution is -2.41. The number of ether oxygens (including phenoxy) is 2. The Bertz CT molecular complexity index is 1250. The van der Waals surface area contributed by atoms with E-state index in [1.807, 2.05) is 30.3 Å². The third kappa shape index (κ3) is 5.42. The molecule has 0 aromatic heterocycles. The number of nitrogens with two attached hydrogens (primary N) is 2. The third-order valence-corrected chi connectivity index (χ3v) is 5.47. The first kappa shape index (κ1) is 25.0. The van der Waals surface area contributed by atoms with Crippen LogP contribution < -0.4 is 20.9 Å². The zero-order valence-corrected chi connectivity index (χ0v) is 18.5. The third-order valence-electron chi connectivity index (χ3n) is 5.47. The van der Waals surface area contributed by atoms with Gasteiger partial charge in [-0.05, 0) is 47.5 Å². The number of rotatable bonds is 5. The van der Waals surface area contributed by atoms with E-state index < -0.39 is 40.6 Å². The highest BCUT2D eigenvalue weighted by molar-refractivity contribution is 5.75. The van der Waals surface area contributed by atoms with Crippen molar-refractivity contribution in [1.29, 1.82) is 0 Å². The lowest BCUT2D eigenvalue weighted by Gasteiger charge is -2.34. The highest BCUT2D eigenvalue weighted by atomic mass is 19.4. The molecule has 1 aliphatic carbocycles. The van der Waals surface area contributed by atoms with Gasteiger partial charge < -0.3 is 20.9 Å². The summed E-state index contributed by atoms with van der Waals surface area (Å²) in [5.74, 6) is -2.22. The lowest BCUT2D eigenvalue weighted by molar-refractivity contribution is -0.137. The molecule has 4 rings (SSSR count). The van der Waals surface area contributed by atoms with Gasteiger partial charge in [0.1, 0.15) is 11.5 Å². The topological polar surface area (TPSA) is 70.5 Å². The fourth-order valence-corrected chi connectivity index (χ4v) is 3.71. The minimum absolute atomic E-state index is 0.0226. The predicted octanol–water partition coefficient (Wildman–Crippen LogP) is 7.09. The van der Waals surface area contributed by atoms with Crippen LogP contribution in [0.3, 0.4) is 0 Å². The summed E-state index contributed by atoms with van der Waals surface area (Å²) in [6.07, 6.45) is -4.70. The summed E-state index contributed by atoms with van der Waals surface area (Å²) in [6, 6.07) is 15.2. The maximum Gasteiger partial charge on any atom is 0.418 e. The summed E-state index contributed by atoms with van der Waals surface area (Å²) in [6.45, 7) is 0. The molecule has 4 nitrogen and oxygen atoms in total. The molecule has 10 heteroatoms. The smallest absolute Gasteiger partial charge is 0.418 e. The first-order valence-electron chi connectivity index (χ1n) is 10.6. The van der Waals surface area contributed by atoms with Crippen LogP contribution in [-0.4, -0.2) is 5.79 Å². The number of allylic oxidation sites excluding steroid dienone is 2. The second-order valence-corrected chi connectivity index (χ2v) is 8.07. The van der Waals surface area contributed by atoms with Crippen molar-refractivity contribution in [2.45, 2.75) is 24.6 Å². The van der Waals surface area contributed by atoms with Gasteiger partial charge in [-0.1, -0.05) is 42.5 Å². The summed E-state index contributed by atoms with van der Waals surface area (Å²) in [5.41, 5.74) is 9.37. The summed E-state index contributed by atoms with van der Waals surface area (Å²) in [7, 11) is 0. The van der Waals surface area contributed by atoms with E-state index in [1.54, 1.807) is 12.2 Å². The van der Waals surface area contributed by atoms with Gasteiger partial charge in [0.2, 0.25) is 0 Å². The zero-order chi connectivity index (χ0) is 26.1. The Labute approximate surface area is 202 Å². The summed E-state index contributed by atoms with van der Waals surface area (Å²) < 4.78 is 92.0. The Morgan fingerprint density at radius 3 is 1.61 bits per heavy atom. The number of nitrogen functional groups attached to an aromatic ring is 2.